The summed E-state index contributed by atoms with van der Waals surface area (Å²) >= 11 is 0. The predicted octanol–water partition coefficient (Wildman–Crippen LogP) is 0.581. The number of nitrogens with two attached hydrogens (primary N) is 1. The summed E-state index contributed by atoms with van der Waals surface area (Å²) in [6.45, 7) is 4.18. The lowest BCUT2D eigenvalue weighted by Gasteiger charge is -2.08. The Morgan fingerprint density at radius 1 is 1.56 bits per heavy atom. The van der Waals surface area contributed by atoms with Crippen LogP contribution in [0.3, 0.4) is 0 Å². The Kier molecular flexibility index (Phi) is 5.99. The van der Waals surface area contributed by atoms with Crippen molar-refractivity contribution in [2.75, 3.05) is 20.1 Å². The van der Waals surface area contributed by atoms with Crippen LogP contribution in [0.5, 0.6) is 0 Å². The molecule has 0 aliphatic carbocycles. The molecule has 0 aromatic rings. The van der Waals surface area contributed by atoms with E-state index < -0.39 is 0 Å². The minimum absolute atomic E-state index is 0.776. The van der Waals surface area contributed by atoms with Gasteiger partial charge in [-0.05, 0) is 38.9 Å². The smallest absolute Gasteiger partial charge is 0.00262 e. The summed E-state index contributed by atoms with van der Waals surface area (Å²) in [5, 5.41) is 3.14. The van der Waals surface area contributed by atoms with Gasteiger partial charge in [-0.25, -0.2) is 0 Å². The molecule has 56 valence electrons. The van der Waals surface area contributed by atoms with Crippen molar-refractivity contribution < 1.29 is 0 Å². The molecule has 0 fully saturated rings. The Morgan fingerprint density at radius 2 is 2.22 bits per heavy atom. The second-order valence-corrected chi connectivity index (χ2v) is 2.59. The fourth-order valence-corrected chi connectivity index (χ4v) is 0.917. The van der Waals surface area contributed by atoms with Crippen molar-refractivity contribution in [3.63, 3.8) is 0 Å². The molecular formula is C7H18N2. The maximum absolute atomic E-state index is 5.35. The van der Waals surface area contributed by atoms with Gasteiger partial charge in [-0.1, -0.05) is 6.92 Å². The lowest BCUT2D eigenvalue weighted by atomic mass is 10.1. The monoisotopic (exact) mass is 130 g/mol. The molecular weight excluding hydrogens is 112 g/mol. The van der Waals surface area contributed by atoms with Gasteiger partial charge in [0, 0.05) is 0 Å². The molecule has 0 spiro atoms. The highest BCUT2D eigenvalue weighted by Crippen LogP contribution is 2.01. The van der Waals surface area contributed by atoms with Crippen molar-refractivity contribution in [2.45, 2.75) is 19.8 Å². The standard InChI is InChI=1S/C7H18N2/c1-7(6-9-2)4-3-5-8/h7,9H,3-6,8H2,1-2H3. The molecule has 2 heteroatoms. The first kappa shape index (κ1) is 8.92. The van der Waals surface area contributed by atoms with Gasteiger partial charge >= 0.3 is 0 Å². The highest BCUT2D eigenvalue weighted by Gasteiger charge is 1.97. The number of hydrogen-bond donors (Lipinski definition) is 2. The van der Waals surface area contributed by atoms with Crippen LogP contribution >= 0.6 is 0 Å². The van der Waals surface area contributed by atoms with Gasteiger partial charge in [0.2, 0.25) is 0 Å². The van der Waals surface area contributed by atoms with Gasteiger partial charge in [-0.2, -0.15) is 0 Å². The van der Waals surface area contributed by atoms with Gasteiger partial charge in [-0.15, -0.1) is 0 Å². The normalized spacial score (nSPS) is 13.7. The van der Waals surface area contributed by atoms with Gasteiger partial charge in [-0.3, -0.25) is 0 Å². The minimum atomic E-state index is 0.776. The van der Waals surface area contributed by atoms with E-state index in [-0.39, 0.29) is 0 Å². The van der Waals surface area contributed by atoms with Gasteiger partial charge in [0.05, 0.1) is 0 Å². The molecule has 0 saturated carbocycles. The molecule has 9 heavy (non-hydrogen) atoms. The van der Waals surface area contributed by atoms with Gasteiger partial charge < -0.3 is 11.1 Å². The Bertz CT molecular complexity index is 54.9. The van der Waals surface area contributed by atoms with Crippen LogP contribution in [0.15, 0.2) is 0 Å². The third-order valence-corrected chi connectivity index (χ3v) is 1.45. The molecule has 0 aromatic carbocycles. The highest BCUT2D eigenvalue weighted by molar-refractivity contribution is 4.54. The average molecular weight is 130 g/mol. The molecule has 0 aliphatic rings. The SMILES string of the molecule is CNCC(C)CCCN. The van der Waals surface area contributed by atoms with E-state index in [1.807, 2.05) is 7.05 Å². The van der Waals surface area contributed by atoms with Crippen LogP contribution in [0.25, 0.3) is 0 Å². The Balaban J connectivity index is 2.95. The first-order valence-electron chi connectivity index (χ1n) is 3.66. The molecule has 0 rings (SSSR count). The fourth-order valence-electron chi connectivity index (χ4n) is 0.917. The maximum Gasteiger partial charge on any atom is -0.00262 e. The van der Waals surface area contributed by atoms with Crippen molar-refractivity contribution in [2.24, 2.45) is 11.7 Å². The molecule has 0 aromatic heterocycles. The van der Waals surface area contributed by atoms with E-state index in [9.17, 15) is 0 Å². The van der Waals surface area contributed by atoms with Crippen molar-refractivity contribution in [1.82, 2.24) is 5.32 Å². The zero-order chi connectivity index (χ0) is 7.11. The summed E-state index contributed by atoms with van der Waals surface area (Å²) in [4.78, 5) is 0. The first-order valence-corrected chi connectivity index (χ1v) is 3.66. The Labute approximate surface area is 57.8 Å². The van der Waals surface area contributed by atoms with Gasteiger partial charge in [0.15, 0.2) is 0 Å². The average Bonchev–Trinajstić information content (AvgIpc) is 1.85. The van der Waals surface area contributed by atoms with Crippen molar-refractivity contribution in [3.8, 4) is 0 Å². The molecule has 2 nitrogen and oxygen atoms in total. The van der Waals surface area contributed by atoms with E-state index in [1.54, 1.807) is 0 Å². The largest absolute Gasteiger partial charge is 0.330 e. The van der Waals surface area contributed by atoms with E-state index in [0.717, 1.165) is 25.4 Å². The van der Waals surface area contributed by atoms with Crippen LogP contribution in [0.4, 0.5) is 0 Å². The molecule has 0 amide bonds. The van der Waals surface area contributed by atoms with Crippen molar-refractivity contribution in [3.05, 3.63) is 0 Å². The molecule has 0 saturated heterocycles. The summed E-state index contributed by atoms with van der Waals surface area (Å²) in [6, 6.07) is 0. The van der Waals surface area contributed by atoms with Crippen LogP contribution in [-0.4, -0.2) is 20.1 Å². The summed E-state index contributed by atoms with van der Waals surface area (Å²) in [5.74, 6) is 0.776. The third-order valence-electron chi connectivity index (χ3n) is 1.45. The number of nitrogens with one attached hydrogen (secondary N) is 1. The topological polar surface area (TPSA) is 38.0 Å². The number of rotatable bonds is 5. The van der Waals surface area contributed by atoms with E-state index in [4.69, 9.17) is 5.73 Å². The second-order valence-electron chi connectivity index (χ2n) is 2.59. The molecule has 0 bridgehead atoms. The summed E-state index contributed by atoms with van der Waals surface area (Å²) in [6.07, 6.45) is 2.40. The van der Waals surface area contributed by atoms with E-state index >= 15 is 0 Å². The van der Waals surface area contributed by atoms with Crippen molar-refractivity contribution >= 4 is 0 Å². The summed E-state index contributed by atoms with van der Waals surface area (Å²) in [7, 11) is 1.99. The maximum atomic E-state index is 5.35. The lowest BCUT2D eigenvalue weighted by Crippen LogP contribution is -2.16. The van der Waals surface area contributed by atoms with E-state index in [1.165, 1.54) is 6.42 Å². The van der Waals surface area contributed by atoms with Gasteiger partial charge in [0.25, 0.3) is 0 Å². The molecule has 0 radical (unpaired) electrons. The molecule has 0 aliphatic heterocycles. The summed E-state index contributed by atoms with van der Waals surface area (Å²) in [5.41, 5.74) is 5.35. The van der Waals surface area contributed by atoms with Crippen LogP contribution in [0, 0.1) is 5.92 Å². The second kappa shape index (κ2) is 6.05. The van der Waals surface area contributed by atoms with Gasteiger partial charge in [0.1, 0.15) is 0 Å². The third kappa shape index (κ3) is 5.80. The van der Waals surface area contributed by atoms with Crippen LogP contribution in [-0.2, 0) is 0 Å². The number of hydrogen-bond acceptors (Lipinski definition) is 2. The Hall–Kier alpha value is -0.0800. The fraction of sp³-hybridized carbons (Fsp3) is 1.00. The quantitative estimate of drug-likeness (QED) is 0.571. The van der Waals surface area contributed by atoms with E-state index in [0.29, 0.717) is 0 Å². The zero-order valence-corrected chi connectivity index (χ0v) is 6.48. The van der Waals surface area contributed by atoms with Crippen LogP contribution < -0.4 is 11.1 Å². The Morgan fingerprint density at radius 3 is 2.67 bits per heavy atom. The highest BCUT2D eigenvalue weighted by atomic mass is 14.8. The molecule has 1 unspecified atom stereocenters. The minimum Gasteiger partial charge on any atom is -0.330 e. The van der Waals surface area contributed by atoms with E-state index in [2.05, 4.69) is 12.2 Å². The van der Waals surface area contributed by atoms with Crippen LogP contribution in [0.2, 0.25) is 0 Å². The lowest BCUT2D eigenvalue weighted by molar-refractivity contribution is 0.490. The molecule has 1 atom stereocenters. The first-order chi connectivity index (χ1) is 4.31. The molecule has 0 heterocycles. The predicted molar refractivity (Wildman–Crippen MR) is 41.4 cm³/mol. The van der Waals surface area contributed by atoms with Crippen LogP contribution in [0.1, 0.15) is 19.8 Å². The summed E-state index contributed by atoms with van der Waals surface area (Å²) < 4.78 is 0. The zero-order valence-electron chi connectivity index (χ0n) is 6.48. The van der Waals surface area contributed by atoms with Crippen molar-refractivity contribution in [1.29, 1.82) is 0 Å². The molecule has 3 N–H and O–H groups in total.